The second-order valence-corrected chi connectivity index (χ2v) is 11.2. The Morgan fingerprint density at radius 1 is 0.805 bits per heavy atom. The number of hydrogen-bond acceptors (Lipinski definition) is 6. The van der Waals surface area contributed by atoms with Gasteiger partial charge in [0.1, 0.15) is 11.8 Å². The molecule has 41 heavy (non-hydrogen) atoms. The van der Waals surface area contributed by atoms with Crippen LogP contribution in [0.1, 0.15) is 32.6 Å². The molecule has 0 aromatic heterocycles. The predicted octanol–water partition coefficient (Wildman–Crippen LogP) is 5.37. The lowest BCUT2D eigenvalue weighted by Gasteiger charge is -2.20. The Morgan fingerprint density at radius 3 is 2.07 bits per heavy atom. The molecule has 0 bridgehead atoms. The van der Waals surface area contributed by atoms with Crippen LogP contribution in [0.4, 0.5) is 5.69 Å². The van der Waals surface area contributed by atoms with Gasteiger partial charge in [0.2, 0.25) is 0 Å². The Labute approximate surface area is 240 Å². The molecule has 2 N–H and O–H groups in total. The van der Waals surface area contributed by atoms with Crippen molar-refractivity contribution >= 4 is 27.6 Å². The highest BCUT2D eigenvalue weighted by molar-refractivity contribution is 7.92. The third kappa shape index (κ3) is 6.93. The fraction of sp³-hybridized carbons (Fsp3) is 0.188. The maximum absolute atomic E-state index is 13.6. The van der Waals surface area contributed by atoms with E-state index in [0.717, 1.165) is 5.56 Å². The summed E-state index contributed by atoms with van der Waals surface area (Å²) < 4.78 is 40.8. The second kappa shape index (κ2) is 12.7. The minimum absolute atomic E-state index is 0.00800. The molecule has 4 rings (SSSR count). The van der Waals surface area contributed by atoms with Crippen LogP contribution in [-0.4, -0.2) is 33.4 Å². The first-order chi connectivity index (χ1) is 19.6. The smallest absolute Gasteiger partial charge is 0.334 e. The van der Waals surface area contributed by atoms with Gasteiger partial charge in [-0.25, -0.2) is 13.2 Å². The van der Waals surface area contributed by atoms with Gasteiger partial charge in [0.25, 0.3) is 15.9 Å². The van der Waals surface area contributed by atoms with E-state index in [0.29, 0.717) is 28.0 Å². The van der Waals surface area contributed by atoms with Gasteiger partial charge in [0.15, 0.2) is 5.75 Å². The summed E-state index contributed by atoms with van der Waals surface area (Å²) in [6.07, 6.45) is 0.176. The second-order valence-electron chi connectivity index (χ2n) is 9.58. The van der Waals surface area contributed by atoms with Gasteiger partial charge in [0, 0.05) is 12.0 Å². The first-order valence-electron chi connectivity index (χ1n) is 13.0. The third-order valence-electron chi connectivity index (χ3n) is 6.72. The lowest BCUT2D eigenvalue weighted by molar-refractivity contribution is -0.136. The topological polar surface area (TPSA) is 111 Å². The number of carbonyl (C=O) groups excluding carboxylic acids is 2. The highest BCUT2D eigenvalue weighted by Crippen LogP contribution is 2.33. The molecule has 0 fully saturated rings. The SMILES string of the molecule is COc1cc(C)c(S(=O)(=O)Nc2ccccc2OC(=O)[C@H](Cc2ccccc2)NC(=O)c2ccccc2)c(C)c1C. The van der Waals surface area contributed by atoms with Crippen molar-refractivity contribution in [3.05, 3.63) is 119 Å². The first-order valence-corrected chi connectivity index (χ1v) is 14.5. The van der Waals surface area contributed by atoms with Crippen molar-refractivity contribution in [1.82, 2.24) is 5.32 Å². The van der Waals surface area contributed by atoms with Crippen molar-refractivity contribution in [2.24, 2.45) is 0 Å². The molecule has 4 aromatic carbocycles. The summed E-state index contributed by atoms with van der Waals surface area (Å²) in [4.78, 5) is 26.5. The van der Waals surface area contributed by atoms with Gasteiger partial charge in [-0.1, -0.05) is 60.7 Å². The van der Waals surface area contributed by atoms with Crippen molar-refractivity contribution in [3.63, 3.8) is 0 Å². The minimum Gasteiger partial charge on any atom is -0.496 e. The van der Waals surface area contributed by atoms with Gasteiger partial charge >= 0.3 is 5.97 Å². The molecule has 1 amide bonds. The van der Waals surface area contributed by atoms with E-state index < -0.39 is 27.9 Å². The zero-order valence-electron chi connectivity index (χ0n) is 23.3. The number of hydrogen-bond donors (Lipinski definition) is 2. The number of benzene rings is 4. The highest BCUT2D eigenvalue weighted by Gasteiger charge is 2.27. The molecule has 0 spiro atoms. The Hall–Kier alpha value is -4.63. The molecule has 9 heteroatoms. The lowest BCUT2D eigenvalue weighted by Crippen LogP contribution is -2.44. The van der Waals surface area contributed by atoms with Crippen molar-refractivity contribution in [1.29, 1.82) is 0 Å². The monoisotopic (exact) mass is 572 g/mol. The quantitative estimate of drug-likeness (QED) is 0.195. The van der Waals surface area contributed by atoms with Crippen molar-refractivity contribution in [2.75, 3.05) is 11.8 Å². The van der Waals surface area contributed by atoms with Gasteiger partial charge < -0.3 is 14.8 Å². The summed E-state index contributed by atoms with van der Waals surface area (Å²) in [5, 5.41) is 2.76. The number of aryl methyl sites for hydroxylation is 1. The number of nitrogens with one attached hydrogen (secondary N) is 2. The molecule has 0 saturated heterocycles. The molecular weight excluding hydrogens is 540 g/mol. The number of sulfonamides is 1. The lowest BCUT2D eigenvalue weighted by atomic mass is 10.1. The third-order valence-corrected chi connectivity index (χ3v) is 8.37. The summed E-state index contributed by atoms with van der Waals surface area (Å²) in [6.45, 7) is 5.20. The standard InChI is InChI=1S/C32H32N2O6S/c1-21-19-29(39-4)22(2)23(3)30(21)41(37,38)34-26-17-11-12-18-28(26)40-32(36)27(20-24-13-7-5-8-14-24)33-31(35)25-15-9-6-10-16-25/h5-19,27,34H,20H2,1-4H3,(H,33,35)/t27-/m0/s1. The maximum atomic E-state index is 13.6. The van der Waals surface area contributed by atoms with Gasteiger partial charge in [-0.15, -0.1) is 0 Å². The molecule has 4 aromatic rings. The molecule has 0 aliphatic rings. The van der Waals surface area contributed by atoms with Gasteiger partial charge in [-0.3, -0.25) is 9.52 Å². The van der Waals surface area contributed by atoms with Crippen LogP contribution in [0, 0.1) is 20.8 Å². The van der Waals surface area contributed by atoms with E-state index in [1.54, 1.807) is 69.3 Å². The van der Waals surface area contributed by atoms with E-state index in [2.05, 4.69) is 10.0 Å². The summed E-state index contributed by atoms with van der Waals surface area (Å²) in [6, 6.07) is 24.7. The molecule has 1 atom stereocenters. The maximum Gasteiger partial charge on any atom is 0.334 e. The van der Waals surface area contributed by atoms with Gasteiger partial charge in [0.05, 0.1) is 17.7 Å². The molecule has 0 aliphatic carbocycles. The van der Waals surface area contributed by atoms with Crippen LogP contribution in [0.2, 0.25) is 0 Å². The number of methoxy groups -OCH3 is 1. The highest BCUT2D eigenvalue weighted by atomic mass is 32.2. The summed E-state index contributed by atoms with van der Waals surface area (Å²) in [5.74, 6) is -0.570. The Kier molecular flexibility index (Phi) is 9.09. The van der Waals surface area contributed by atoms with Crippen molar-refractivity contribution < 1.29 is 27.5 Å². The zero-order chi connectivity index (χ0) is 29.6. The van der Waals surface area contributed by atoms with Crippen molar-refractivity contribution in [3.8, 4) is 11.5 Å². The predicted molar refractivity (Wildman–Crippen MR) is 158 cm³/mol. The Morgan fingerprint density at radius 2 is 1.41 bits per heavy atom. The number of anilines is 1. The molecule has 212 valence electrons. The van der Waals surface area contributed by atoms with Crippen LogP contribution in [0.25, 0.3) is 0 Å². The minimum atomic E-state index is -4.07. The van der Waals surface area contributed by atoms with E-state index in [-0.39, 0.29) is 22.8 Å². The van der Waals surface area contributed by atoms with Crippen LogP contribution in [0.3, 0.4) is 0 Å². The summed E-state index contributed by atoms with van der Waals surface area (Å²) in [7, 11) is -2.54. The molecule has 0 aliphatic heterocycles. The Bertz CT molecular complexity index is 1650. The number of rotatable bonds is 10. The van der Waals surface area contributed by atoms with Crippen LogP contribution >= 0.6 is 0 Å². The van der Waals surface area contributed by atoms with E-state index in [9.17, 15) is 18.0 Å². The fourth-order valence-corrected chi connectivity index (χ4v) is 6.14. The summed E-state index contributed by atoms with van der Waals surface area (Å²) >= 11 is 0. The number of ether oxygens (including phenoxy) is 2. The van der Waals surface area contributed by atoms with Crippen molar-refractivity contribution in [2.45, 2.75) is 38.1 Å². The summed E-state index contributed by atoms with van der Waals surface area (Å²) in [5.41, 5.74) is 3.07. The number of esters is 1. The van der Waals surface area contributed by atoms with Gasteiger partial charge in [-0.2, -0.15) is 0 Å². The molecular formula is C32H32N2O6S. The van der Waals surface area contributed by atoms with E-state index in [1.165, 1.54) is 19.2 Å². The van der Waals surface area contributed by atoms with Crippen LogP contribution in [0.5, 0.6) is 11.5 Å². The van der Waals surface area contributed by atoms with Gasteiger partial charge in [-0.05, 0) is 73.4 Å². The molecule has 8 nitrogen and oxygen atoms in total. The molecule has 0 heterocycles. The normalized spacial score (nSPS) is 11.8. The fourth-order valence-electron chi connectivity index (χ4n) is 4.54. The van der Waals surface area contributed by atoms with Crippen LogP contribution in [-0.2, 0) is 21.2 Å². The Balaban J connectivity index is 1.61. The van der Waals surface area contributed by atoms with E-state index in [1.807, 2.05) is 30.3 Å². The number of amides is 1. The average Bonchev–Trinajstić information content (AvgIpc) is 2.96. The molecule has 0 unspecified atom stereocenters. The zero-order valence-corrected chi connectivity index (χ0v) is 24.1. The molecule has 0 radical (unpaired) electrons. The number of para-hydroxylation sites is 2. The average molecular weight is 573 g/mol. The molecule has 0 saturated carbocycles. The largest absolute Gasteiger partial charge is 0.496 e. The van der Waals surface area contributed by atoms with E-state index >= 15 is 0 Å². The van der Waals surface area contributed by atoms with Crippen LogP contribution < -0.4 is 19.5 Å². The number of carbonyl (C=O) groups is 2. The van der Waals surface area contributed by atoms with Crippen LogP contribution in [0.15, 0.2) is 95.9 Å². The first kappa shape index (κ1) is 29.4. The van der Waals surface area contributed by atoms with E-state index in [4.69, 9.17) is 9.47 Å².